The average molecular weight is 169 g/mol. The highest BCUT2D eigenvalue weighted by atomic mass is 16.1. The zero-order valence-corrected chi connectivity index (χ0v) is 8.10. The molecule has 1 aliphatic rings. The van der Waals surface area contributed by atoms with E-state index in [4.69, 9.17) is 5.73 Å². The van der Waals surface area contributed by atoms with Crippen LogP contribution in [-0.2, 0) is 4.79 Å². The van der Waals surface area contributed by atoms with Crippen molar-refractivity contribution >= 4 is 5.78 Å². The molecule has 1 fully saturated rings. The maximum Gasteiger partial charge on any atom is 0.136 e. The van der Waals surface area contributed by atoms with Crippen molar-refractivity contribution in [3.63, 3.8) is 0 Å². The largest absolute Gasteiger partial charge is 0.326 e. The third-order valence-corrected chi connectivity index (χ3v) is 2.58. The van der Waals surface area contributed by atoms with Crippen molar-refractivity contribution in [2.75, 3.05) is 0 Å². The molecule has 0 atom stereocenters. The molecule has 2 N–H and O–H groups in total. The van der Waals surface area contributed by atoms with Crippen LogP contribution in [0.15, 0.2) is 0 Å². The van der Waals surface area contributed by atoms with Gasteiger partial charge in [0.15, 0.2) is 0 Å². The predicted molar refractivity (Wildman–Crippen MR) is 49.8 cm³/mol. The molecule has 0 aliphatic heterocycles. The summed E-state index contributed by atoms with van der Waals surface area (Å²) >= 11 is 0. The summed E-state index contributed by atoms with van der Waals surface area (Å²) < 4.78 is 0. The van der Waals surface area contributed by atoms with Gasteiger partial charge in [0, 0.05) is 17.9 Å². The Morgan fingerprint density at radius 3 is 2.42 bits per heavy atom. The van der Waals surface area contributed by atoms with Gasteiger partial charge in [-0.25, -0.2) is 0 Å². The second kappa shape index (κ2) is 3.56. The fraction of sp³-hybridized carbons (Fsp3) is 0.900. The van der Waals surface area contributed by atoms with Crippen molar-refractivity contribution in [2.45, 2.75) is 51.5 Å². The maximum atomic E-state index is 11.4. The standard InChI is InChI=1S/C10H19NO/c1-10(2,11)7-6-9(12)8-4-3-5-8/h8H,3-7,11H2,1-2H3. The van der Waals surface area contributed by atoms with Crippen LogP contribution in [0.3, 0.4) is 0 Å². The summed E-state index contributed by atoms with van der Waals surface area (Å²) in [6, 6.07) is 0. The summed E-state index contributed by atoms with van der Waals surface area (Å²) in [6.07, 6.45) is 4.96. The SMILES string of the molecule is CC(C)(N)CCC(=O)C1CCC1. The van der Waals surface area contributed by atoms with E-state index in [9.17, 15) is 4.79 Å². The first-order valence-corrected chi connectivity index (χ1v) is 4.81. The molecule has 2 heteroatoms. The summed E-state index contributed by atoms with van der Waals surface area (Å²) in [6.45, 7) is 3.95. The molecule has 0 bridgehead atoms. The van der Waals surface area contributed by atoms with Gasteiger partial charge < -0.3 is 5.73 Å². The minimum atomic E-state index is -0.181. The first kappa shape index (κ1) is 9.72. The van der Waals surface area contributed by atoms with Crippen molar-refractivity contribution in [1.82, 2.24) is 0 Å². The van der Waals surface area contributed by atoms with E-state index in [1.165, 1.54) is 6.42 Å². The number of hydrogen-bond donors (Lipinski definition) is 1. The lowest BCUT2D eigenvalue weighted by Gasteiger charge is -2.25. The quantitative estimate of drug-likeness (QED) is 0.698. The second-order valence-electron chi connectivity index (χ2n) is 4.58. The molecule has 0 saturated heterocycles. The summed E-state index contributed by atoms with van der Waals surface area (Å²) in [5.74, 6) is 0.812. The Morgan fingerprint density at radius 1 is 1.50 bits per heavy atom. The predicted octanol–water partition coefficient (Wildman–Crippen LogP) is 1.87. The van der Waals surface area contributed by atoms with Crippen molar-refractivity contribution < 1.29 is 4.79 Å². The Kier molecular flexibility index (Phi) is 2.89. The minimum Gasteiger partial charge on any atom is -0.326 e. The van der Waals surface area contributed by atoms with Gasteiger partial charge in [0.2, 0.25) is 0 Å². The minimum absolute atomic E-state index is 0.181. The van der Waals surface area contributed by atoms with Gasteiger partial charge in [-0.1, -0.05) is 6.42 Å². The smallest absolute Gasteiger partial charge is 0.136 e. The molecule has 0 radical (unpaired) electrons. The molecule has 0 spiro atoms. The van der Waals surface area contributed by atoms with Crippen LogP contribution < -0.4 is 5.73 Å². The van der Waals surface area contributed by atoms with Gasteiger partial charge in [-0.15, -0.1) is 0 Å². The van der Waals surface area contributed by atoms with Crippen LogP contribution in [0, 0.1) is 5.92 Å². The average Bonchev–Trinajstić information content (AvgIpc) is 1.78. The van der Waals surface area contributed by atoms with E-state index in [1.54, 1.807) is 0 Å². The summed E-state index contributed by atoms with van der Waals surface area (Å²) in [5, 5.41) is 0. The van der Waals surface area contributed by atoms with Gasteiger partial charge >= 0.3 is 0 Å². The van der Waals surface area contributed by atoms with Crippen molar-refractivity contribution in [1.29, 1.82) is 0 Å². The molecule has 2 nitrogen and oxygen atoms in total. The maximum absolute atomic E-state index is 11.4. The van der Waals surface area contributed by atoms with E-state index in [0.29, 0.717) is 18.1 Å². The first-order valence-electron chi connectivity index (χ1n) is 4.81. The lowest BCUT2D eigenvalue weighted by atomic mass is 9.80. The van der Waals surface area contributed by atoms with Gasteiger partial charge in [0.05, 0.1) is 0 Å². The van der Waals surface area contributed by atoms with Crippen LogP contribution in [-0.4, -0.2) is 11.3 Å². The number of carbonyl (C=O) groups excluding carboxylic acids is 1. The molecule has 1 aliphatic carbocycles. The van der Waals surface area contributed by atoms with Crippen molar-refractivity contribution in [3.8, 4) is 0 Å². The third-order valence-electron chi connectivity index (χ3n) is 2.58. The molecular weight excluding hydrogens is 150 g/mol. The fourth-order valence-corrected chi connectivity index (χ4v) is 1.38. The van der Waals surface area contributed by atoms with Crippen LogP contribution in [0.25, 0.3) is 0 Å². The molecule has 1 rings (SSSR count). The zero-order valence-electron chi connectivity index (χ0n) is 8.10. The van der Waals surface area contributed by atoms with Gasteiger partial charge in [-0.3, -0.25) is 4.79 Å². The Hall–Kier alpha value is -0.370. The molecule has 70 valence electrons. The zero-order chi connectivity index (χ0) is 9.19. The fourth-order valence-electron chi connectivity index (χ4n) is 1.38. The van der Waals surface area contributed by atoms with Crippen LogP contribution in [0.1, 0.15) is 46.0 Å². The second-order valence-corrected chi connectivity index (χ2v) is 4.58. The molecule has 0 aromatic heterocycles. The number of ketones is 1. The van der Waals surface area contributed by atoms with E-state index < -0.39 is 0 Å². The van der Waals surface area contributed by atoms with E-state index in [1.807, 2.05) is 13.8 Å². The third kappa shape index (κ3) is 2.94. The summed E-state index contributed by atoms with van der Waals surface area (Å²) in [4.78, 5) is 11.4. The van der Waals surface area contributed by atoms with Crippen LogP contribution in [0.4, 0.5) is 0 Å². The normalized spacial score (nSPS) is 18.9. The lowest BCUT2D eigenvalue weighted by molar-refractivity contribution is -0.125. The molecule has 0 amide bonds. The number of carbonyl (C=O) groups is 1. The number of nitrogens with two attached hydrogens (primary N) is 1. The van der Waals surface area contributed by atoms with Gasteiger partial charge in [0.25, 0.3) is 0 Å². The van der Waals surface area contributed by atoms with E-state index in [2.05, 4.69) is 0 Å². The van der Waals surface area contributed by atoms with Crippen LogP contribution in [0.5, 0.6) is 0 Å². The monoisotopic (exact) mass is 169 g/mol. The number of hydrogen-bond acceptors (Lipinski definition) is 2. The van der Waals surface area contributed by atoms with Crippen LogP contribution >= 0.6 is 0 Å². The Balaban J connectivity index is 2.18. The van der Waals surface area contributed by atoms with Gasteiger partial charge in [-0.05, 0) is 33.1 Å². The lowest BCUT2D eigenvalue weighted by Crippen LogP contribution is -2.33. The molecular formula is C10H19NO. The van der Waals surface area contributed by atoms with E-state index in [0.717, 1.165) is 19.3 Å². The molecule has 12 heavy (non-hydrogen) atoms. The van der Waals surface area contributed by atoms with Crippen molar-refractivity contribution in [2.24, 2.45) is 11.7 Å². The molecule has 0 heterocycles. The summed E-state index contributed by atoms with van der Waals surface area (Å²) in [5.41, 5.74) is 5.61. The molecule has 1 saturated carbocycles. The Labute approximate surface area is 74.5 Å². The molecule has 0 aromatic rings. The number of Topliss-reactive ketones (excluding diaryl/α,β-unsaturated/α-hetero) is 1. The molecule has 0 unspecified atom stereocenters. The van der Waals surface area contributed by atoms with E-state index >= 15 is 0 Å². The topological polar surface area (TPSA) is 43.1 Å². The van der Waals surface area contributed by atoms with Gasteiger partial charge in [0.1, 0.15) is 5.78 Å². The first-order chi connectivity index (χ1) is 5.49. The Bertz CT molecular complexity index is 165. The van der Waals surface area contributed by atoms with Crippen LogP contribution in [0.2, 0.25) is 0 Å². The summed E-state index contributed by atoms with van der Waals surface area (Å²) in [7, 11) is 0. The Morgan fingerprint density at radius 2 is 2.08 bits per heavy atom. The number of rotatable bonds is 4. The van der Waals surface area contributed by atoms with Gasteiger partial charge in [-0.2, -0.15) is 0 Å². The van der Waals surface area contributed by atoms with E-state index in [-0.39, 0.29) is 5.54 Å². The highest BCUT2D eigenvalue weighted by Crippen LogP contribution is 2.29. The molecule has 0 aromatic carbocycles. The highest BCUT2D eigenvalue weighted by molar-refractivity contribution is 5.81. The highest BCUT2D eigenvalue weighted by Gasteiger charge is 2.25. The van der Waals surface area contributed by atoms with Crippen molar-refractivity contribution in [3.05, 3.63) is 0 Å².